The molecule has 0 aromatic heterocycles. The topological polar surface area (TPSA) is 49.3 Å². The second kappa shape index (κ2) is 8.70. The van der Waals surface area contributed by atoms with Gasteiger partial charge < -0.3 is 10.4 Å². The maximum absolute atomic E-state index is 10.8. The number of halogens is 2. The molecule has 20 heavy (non-hydrogen) atoms. The molecular formula is C14H12Cl2CsNO2. The van der Waals surface area contributed by atoms with E-state index in [2.05, 4.69) is 5.32 Å². The molecular weight excluding hydrogens is 418 g/mol. The number of hydrogen-bond donors (Lipinski definition) is 2. The number of hydrogen-bond acceptors (Lipinski definition) is 2. The van der Waals surface area contributed by atoms with Crippen LogP contribution in [0.2, 0.25) is 10.0 Å². The summed E-state index contributed by atoms with van der Waals surface area (Å²) in [6.07, 6.45) is -0.0642. The number of anilines is 2. The fraction of sp³-hybridized carbons (Fsp3) is 0.0714. The molecule has 0 saturated carbocycles. The molecule has 100 valence electrons. The van der Waals surface area contributed by atoms with Gasteiger partial charge in [-0.1, -0.05) is 47.5 Å². The van der Waals surface area contributed by atoms with Crippen LogP contribution in [0.3, 0.4) is 0 Å². The summed E-state index contributed by atoms with van der Waals surface area (Å²) in [6, 6.07) is 12.3. The molecule has 0 aliphatic heterocycles. The van der Waals surface area contributed by atoms with Crippen molar-refractivity contribution in [2.75, 3.05) is 5.32 Å². The van der Waals surface area contributed by atoms with Gasteiger partial charge in [0.2, 0.25) is 0 Å². The van der Waals surface area contributed by atoms with Gasteiger partial charge >= 0.3 is 74.9 Å². The quantitative estimate of drug-likeness (QED) is 0.778. The van der Waals surface area contributed by atoms with Crippen LogP contribution in [0, 0.1) is 0 Å². The van der Waals surface area contributed by atoms with Crippen molar-refractivity contribution in [2.24, 2.45) is 0 Å². The van der Waals surface area contributed by atoms with Crippen LogP contribution in [0.25, 0.3) is 0 Å². The van der Waals surface area contributed by atoms with Crippen LogP contribution in [-0.4, -0.2) is 80.0 Å². The summed E-state index contributed by atoms with van der Waals surface area (Å²) in [6.45, 7) is 0. The van der Waals surface area contributed by atoms with Crippen LogP contribution in [0.5, 0.6) is 0 Å². The van der Waals surface area contributed by atoms with Crippen LogP contribution in [-0.2, 0) is 11.2 Å². The first-order chi connectivity index (χ1) is 9.08. The van der Waals surface area contributed by atoms with Gasteiger partial charge in [0.05, 0.1) is 22.2 Å². The van der Waals surface area contributed by atoms with Gasteiger partial charge in [-0.15, -0.1) is 0 Å². The van der Waals surface area contributed by atoms with Crippen LogP contribution >= 0.6 is 23.2 Å². The molecule has 3 nitrogen and oxygen atoms in total. The Kier molecular flexibility index (Phi) is 8.00. The van der Waals surface area contributed by atoms with Gasteiger partial charge in [-0.25, -0.2) is 0 Å². The summed E-state index contributed by atoms with van der Waals surface area (Å²) in [4.78, 5) is 10.8. The molecule has 0 aliphatic rings. The van der Waals surface area contributed by atoms with Crippen LogP contribution < -0.4 is 5.32 Å². The number of carbonyl (C=O) groups is 1. The Bertz CT molecular complexity index is 600. The molecule has 0 aliphatic carbocycles. The normalized spacial score (nSPS) is 9.70. The number of carboxylic acids is 1. The number of rotatable bonds is 4. The fourth-order valence-electron chi connectivity index (χ4n) is 1.71. The zero-order valence-corrected chi connectivity index (χ0v) is 11.4. The predicted octanol–water partition coefficient (Wildman–Crippen LogP) is 3.72. The zero-order chi connectivity index (χ0) is 13.8. The molecule has 0 bridgehead atoms. The summed E-state index contributed by atoms with van der Waals surface area (Å²) in [5, 5.41) is 12.9. The van der Waals surface area contributed by atoms with Crippen molar-refractivity contribution in [3.8, 4) is 0 Å². The van der Waals surface area contributed by atoms with Crippen molar-refractivity contribution in [3.63, 3.8) is 0 Å². The number of carboxylic acid groups (broad SMARTS) is 1. The molecule has 2 aromatic carbocycles. The van der Waals surface area contributed by atoms with Crippen LogP contribution in [0.15, 0.2) is 42.5 Å². The standard InChI is InChI=1S/C14H11Cl2NO2.Cs.H/c15-10-5-3-6-11(16)14(10)17-12-7-2-1-4-9(12)8-13(18)19;;/h1-7,17H,8H2,(H,18,19);;. The summed E-state index contributed by atoms with van der Waals surface area (Å²) in [5.41, 5.74) is 1.93. The molecule has 2 aromatic rings. The molecule has 2 rings (SSSR count). The van der Waals surface area contributed by atoms with E-state index in [0.29, 0.717) is 27.0 Å². The van der Waals surface area contributed by atoms with E-state index < -0.39 is 5.97 Å². The average molecular weight is 430 g/mol. The van der Waals surface area contributed by atoms with Crippen molar-refractivity contribution in [2.45, 2.75) is 6.42 Å². The molecule has 0 saturated heterocycles. The number of nitrogens with one attached hydrogen (secondary N) is 1. The van der Waals surface area contributed by atoms with E-state index in [1.54, 1.807) is 36.4 Å². The van der Waals surface area contributed by atoms with Crippen molar-refractivity contribution in [1.29, 1.82) is 0 Å². The molecule has 0 unspecified atom stereocenters. The van der Waals surface area contributed by atoms with Gasteiger partial charge in [0, 0.05) is 5.69 Å². The SMILES string of the molecule is O=C(O)Cc1ccccc1Nc1c(Cl)cccc1Cl.[CsH]. The van der Waals surface area contributed by atoms with E-state index in [0.717, 1.165) is 0 Å². The first-order valence-corrected chi connectivity index (χ1v) is 6.34. The first-order valence-electron chi connectivity index (χ1n) is 5.58. The molecule has 6 heteroatoms. The third-order valence-electron chi connectivity index (χ3n) is 2.58. The molecule has 0 radical (unpaired) electrons. The summed E-state index contributed by atoms with van der Waals surface area (Å²) in [5.74, 6) is -0.889. The second-order valence-corrected chi connectivity index (χ2v) is 4.76. The third-order valence-corrected chi connectivity index (χ3v) is 3.21. The fourth-order valence-corrected chi connectivity index (χ4v) is 2.20. The van der Waals surface area contributed by atoms with Crippen molar-refractivity contribution < 1.29 is 9.90 Å². The van der Waals surface area contributed by atoms with E-state index in [4.69, 9.17) is 28.3 Å². The minimum atomic E-state index is -0.889. The van der Waals surface area contributed by atoms with E-state index in [9.17, 15) is 4.79 Å². The van der Waals surface area contributed by atoms with E-state index in [-0.39, 0.29) is 75.3 Å². The average Bonchev–Trinajstić information content (AvgIpc) is 2.35. The third kappa shape index (κ3) is 4.96. The van der Waals surface area contributed by atoms with Crippen molar-refractivity contribution in [3.05, 3.63) is 58.1 Å². The Labute approximate surface area is 186 Å². The van der Waals surface area contributed by atoms with E-state index in [1.807, 2.05) is 6.07 Å². The Morgan fingerprint density at radius 2 is 1.65 bits per heavy atom. The summed E-state index contributed by atoms with van der Waals surface area (Å²) >= 11 is 12.1. The zero-order valence-electron chi connectivity index (χ0n) is 9.86. The summed E-state index contributed by atoms with van der Waals surface area (Å²) < 4.78 is 0. The minimum absolute atomic E-state index is 0. The number of aliphatic carboxylic acids is 1. The molecule has 2 N–H and O–H groups in total. The van der Waals surface area contributed by atoms with Gasteiger partial charge in [-0.3, -0.25) is 4.79 Å². The first kappa shape index (κ1) is 18.4. The van der Waals surface area contributed by atoms with Crippen molar-refractivity contribution >= 4 is 109 Å². The Morgan fingerprint density at radius 1 is 1.05 bits per heavy atom. The monoisotopic (exact) mass is 429 g/mol. The van der Waals surface area contributed by atoms with Crippen LogP contribution in [0.1, 0.15) is 5.56 Å². The number of benzene rings is 2. The molecule has 0 fully saturated rings. The van der Waals surface area contributed by atoms with Crippen molar-refractivity contribution in [1.82, 2.24) is 0 Å². The van der Waals surface area contributed by atoms with Gasteiger partial charge in [0.1, 0.15) is 0 Å². The van der Waals surface area contributed by atoms with Crippen LogP contribution in [0.4, 0.5) is 11.4 Å². The molecule has 0 atom stereocenters. The Morgan fingerprint density at radius 3 is 2.25 bits per heavy atom. The Hall–Kier alpha value is 0.342. The Balaban J connectivity index is 0.00000200. The molecule has 0 spiro atoms. The number of para-hydroxylation sites is 2. The van der Waals surface area contributed by atoms with Gasteiger partial charge in [0.25, 0.3) is 0 Å². The molecule has 0 amide bonds. The van der Waals surface area contributed by atoms with E-state index in [1.165, 1.54) is 0 Å². The molecule has 0 heterocycles. The van der Waals surface area contributed by atoms with Gasteiger partial charge in [-0.05, 0) is 23.8 Å². The summed E-state index contributed by atoms with van der Waals surface area (Å²) in [7, 11) is 0. The van der Waals surface area contributed by atoms with Gasteiger partial charge in [0.15, 0.2) is 0 Å². The maximum atomic E-state index is 10.8. The van der Waals surface area contributed by atoms with Gasteiger partial charge in [-0.2, -0.15) is 0 Å². The predicted molar refractivity (Wildman–Crippen MR) is 84.7 cm³/mol. The van der Waals surface area contributed by atoms with E-state index >= 15 is 0 Å². The second-order valence-electron chi connectivity index (χ2n) is 3.95.